The molecule has 1 amide bonds. The molecule has 0 saturated heterocycles. The number of halogens is 1. The van der Waals surface area contributed by atoms with Crippen molar-refractivity contribution in [2.24, 2.45) is 0 Å². The fraction of sp³-hybridized carbons (Fsp3) is 0.250. The van der Waals surface area contributed by atoms with Crippen LogP contribution in [0.1, 0.15) is 17.2 Å². The van der Waals surface area contributed by atoms with Gasteiger partial charge < -0.3 is 15.0 Å². The van der Waals surface area contributed by atoms with Gasteiger partial charge >= 0.3 is 0 Å². The Morgan fingerprint density at radius 3 is 2.36 bits per heavy atom. The van der Waals surface area contributed by atoms with Crippen molar-refractivity contribution in [2.45, 2.75) is 6.04 Å². The summed E-state index contributed by atoms with van der Waals surface area (Å²) in [6, 6.07) is 15.3. The van der Waals surface area contributed by atoms with Crippen molar-refractivity contribution < 1.29 is 9.53 Å². The molecule has 4 nitrogen and oxygen atoms in total. The van der Waals surface area contributed by atoms with Crippen LogP contribution in [0, 0.1) is 0 Å². The highest BCUT2D eigenvalue weighted by atomic mass is 35.5. The lowest BCUT2D eigenvalue weighted by atomic mass is 10.1. The second kappa shape index (κ2) is 9.25. The Hall–Kier alpha value is -2.30. The first-order valence-corrected chi connectivity index (χ1v) is 8.39. The summed E-state index contributed by atoms with van der Waals surface area (Å²) < 4.78 is 5.19. The fourth-order valence-corrected chi connectivity index (χ4v) is 2.55. The van der Waals surface area contributed by atoms with Crippen LogP contribution in [-0.2, 0) is 4.79 Å². The third-order valence-corrected chi connectivity index (χ3v) is 4.14. The summed E-state index contributed by atoms with van der Waals surface area (Å²) in [5.74, 6) is 0.687. The first kappa shape index (κ1) is 19.0. The number of carbonyl (C=O) groups is 1. The van der Waals surface area contributed by atoms with Crippen LogP contribution in [0.3, 0.4) is 0 Å². The van der Waals surface area contributed by atoms with Gasteiger partial charge in [-0.25, -0.2) is 0 Å². The molecule has 0 radical (unpaired) electrons. The molecule has 1 atom stereocenters. The molecule has 0 fully saturated rings. The molecular formula is C20H23ClN2O2. The molecule has 2 aromatic carbocycles. The minimum absolute atomic E-state index is 0.0822. The predicted molar refractivity (Wildman–Crippen MR) is 103 cm³/mol. The van der Waals surface area contributed by atoms with Crippen LogP contribution in [0.4, 0.5) is 0 Å². The van der Waals surface area contributed by atoms with E-state index in [2.05, 4.69) is 10.2 Å². The maximum atomic E-state index is 12.1. The molecule has 2 rings (SSSR count). The molecule has 0 heterocycles. The van der Waals surface area contributed by atoms with E-state index in [9.17, 15) is 4.79 Å². The predicted octanol–water partition coefficient (Wildman–Crippen LogP) is 3.78. The van der Waals surface area contributed by atoms with Gasteiger partial charge in [0.15, 0.2) is 0 Å². The number of nitrogens with zero attached hydrogens (tertiary/aromatic N) is 1. The van der Waals surface area contributed by atoms with Crippen LogP contribution in [0.25, 0.3) is 6.08 Å². The zero-order valence-corrected chi connectivity index (χ0v) is 15.5. The van der Waals surface area contributed by atoms with Crippen LogP contribution >= 0.6 is 11.6 Å². The fourth-order valence-electron chi connectivity index (χ4n) is 2.43. The molecule has 2 aromatic rings. The van der Waals surface area contributed by atoms with Gasteiger partial charge in [-0.1, -0.05) is 35.9 Å². The third-order valence-electron chi connectivity index (χ3n) is 3.89. The van der Waals surface area contributed by atoms with E-state index in [0.717, 1.165) is 16.9 Å². The molecule has 0 saturated carbocycles. The van der Waals surface area contributed by atoms with Crippen molar-refractivity contribution in [3.63, 3.8) is 0 Å². The highest BCUT2D eigenvalue weighted by Crippen LogP contribution is 2.20. The Balaban J connectivity index is 1.95. The van der Waals surface area contributed by atoms with Crippen molar-refractivity contribution >= 4 is 23.6 Å². The van der Waals surface area contributed by atoms with Gasteiger partial charge in [0.25, 0.3) is 0 Å². The van der Waals surface area contributed by atoms with E-state index in [0.29, 0.717) is 11.6 Å². The molecule has 1 N–H and O–H groups in total. The number of hydrogen-bond acceptors (Lipinski definition) is 3. The van der Waals surface area contributed by atoms with Gasteiger partial charge in [-0.15, -0.1) is 0 Å². The quantitative estimate of drug-likeness (QED) is 0.766. The molecule has 0 aliphatic heterocycles. The van der Waals surface area contributed by atoms with Crippen LogP contribution < -0.4 is 10.1 Å². The molecule has 0 spiro atoms. The highest BCUT2D eigenvalue weighted by molar-refractivity contribution is 6.30. The van der Waals surface area contributed by atoms with Crippen molar-refractivity contribution in [3.8, 4) is 5.75 Å². The summed E-state index contributed by atoms with van der Waals surface area (Å²) in [4.78, 5) is 14.2. The van der Waals surface area contributed by atoms with Gasteiger partial charge in [0.1, 0.15) is 5.75 Å². The van der Waals surface area contributed by atoms with Crippen molar-refractivity contribution in [2.75, 3.05) is 27.7 Å². The first-order chi connectivity index (χ1) is 12.0. The van der Waals surface area contributed by atoms with E-state index in [4.69, 9.17) is 16.3 Å². The van der Waals surface area contributed by atoms with E-state index in [1.807, 2.05) is 50.5 Å². The second-order valence-corrected chi connectivity index (χ2v) is 6.32. The summed E-state index contributed by atoms with van der Waals surface area (Å²) in [6.07, 6.45) is 3.30. The van der Waals surface area contributed by atoms with E-state index < -0.39 is 0 Å². The molecule has 5 heteroatoms. The molecule has 1 unspecified atom stereocenters. The SMILES string of the molecule is COc1ccc(C(CNC(=O)/C=C/c2ccc(Cl)cc2)N(C)C)cc1. The molecule has 132 valence electrons. The molecule has 0 bridgehead atoms. The molecule has 0 aliphatic carbocycles. The molecule has 25 heavy (non-hydrogen) atoms. The Morgan fingerprint density at radius 2 is 1.80 bits per heavy atom. The standard InChI is InChI=1S/C20H23ClN2O2/c1-23(2)19(16-7-11-18(25-3)12-8-16)14-22-20(24)13-6-15-4-9-17(21)10-5-15/h4-13,19H,14H2,1-3H3,(H,22,24)/b13-6+. The lowest BCUT2D eigenvalue weighted by Crippen LogP contribution is -2.33. The maximum absolute atomic E-state index is 12.1. The van der Waals surface area contributed by atoms with Gasteiger partial charge in [0, 0.05) is 17.6 Å². The average Bonchev–Trinajstić information content (AvgIpc) is 2.61. The number of likely N-dealkylation sites (N-methyl/N-ethyl adjacent to an activating group) is 1. The molecule has 0 aromatic heterocycles. The number of rotatable bonds is 7. The summed E-state index contributed by atoms with van der Waals surface area (Å²) in [6.45, 7) is 0.517. The van der Waals surface area contributed by atoms with E-state index >= 15 is 0 Å². The van der Waals surface area contributed by atoms with Crippen LogP contribution in [0.5, 0.6) is 5.75 Å². The van der Waals surface area contributed by atoms with Crippen molar-refractivity contribution in [1.82, 2.24) is 10.2 Å². The first-order valence-electron chi connectivity index (χ1n) is 8.01. The summed E-state index contributed by atoms with van der Waals surface area (Å²) >= 11 is 5.85. The highest BCUT2D eigenvalue weighted by Gasteiger charge is 2.14. The number of ether oxygens (including phenoxy) is 1. The Morgan fingerprint density at radius 1 is 1.16 bits per heavy atom. The second-order valence-electron chi connectivity index (χ2n) is 5.88. The van der Waals surface area contributed by atoms with Gasteiger partial charge in [-0.05, 0) is 55.6 Å². The number of amides is 1. The van der Waals surface area contributed by atoms with E-state index in [1.165, 1.54) is 6.08 Å². The zero-order valence-electron chi connectivity index (χ0n) is 14.7. The number of methoxy groups -OCH3 is 1. The number of benzene rings is 2. The normalized spacial score (nSPS) is 12.4. The van der Waals surface area contributed by atoms with Crippen LogP contribution in [0.15, 0.2) is 54.6 Å². The maximum Gasteiger partial charge on any atom is 0.244 e. The largest absolute Gasteiger partial charge is 0.497 e. The lowest BCUT2D eigenvalue weighted by molar-refractivity contribution is -0.116. The summed E-state index contributed by atoms with van der Waals surface area (Å²) in [5.41, 5.74) is 2.05. The van der Waals surface area contributed by atoms with E-state index in [1.54, 1.807) is 25.3 Å². The van der Waals surface area contributed by atoms with Gasteiger partial charge in [-0.2, -0.15) is 0 Å². The molecule has 0 aliphatic rings. The minimum Gasteiger partial charge on any atom is -0.497 e. The summed E-state index contributed by atoms with van der Waals surface area (Å²) in [5, 5.41) is 3.62. The van der Waals surface area contributed by atoms with Gasteiger partial charge in [0.05, 0.1) is 13.2 Å². The van der Waals surface area contributed by atoms with Gasteiger partial charge in [0.2, 0.25) is 5.91 Å². The average molecular weight is 359 g/mol. The molecular weight excluding hydrogens is 336 g/mol. The smallest absolute Gasteiger partial charge is 0.244 e. The monoisotopic (exact) mass is 358 g/mol. The van der Waals surface area contributed by atoms with Crippen molar-refractivity contribution in [1.29, 1.82) is 0 Å². The zero-order chi connectivity index (χ0) is 18.2. The van der Waals surface area contributed by atoms with Crippen LogP contribution in [0.2, 0.25) is 5.02 Å². The van der Waals surface area contributed by atoms with E-state index in [-0.39, 0.29) is 11.9 Å². The minimum atomic E-state index is -0.129. The summed E-state index contributed by atoms with van der Waals surface area (Å²) in [7, 11) is 5.63. The Labute approximate surface area is 154 Å². The number of hydrogen-bond donors (Lipinski definition) is 1. The third kappa shape index (κ3) is 5.93. The Kier molecular flexibility index (Phi) is 7.04. The van der Waals surface area contributed by atoms with Crippen LogP contribution in [-0.4, -0.2) is 38.6 Å². The topological polar surface area (TPSA) is 41.6 Å². The number of nitrogens with one attached hydrogen (secondary N) is 1. The van der Waals surface area contributed by atoms with Gasteiger partial charge in [-0.3, -0.25) is 4.79 Å². The lowest BCUT2D eigenvalue weighted by Gasteiger charge is -2.25. The number of carbonyl (C=O) groups excluding carboxylic acids is 1. The Bertz CT molecular complexity index is 709. The van der Waals surface area contributed by atoms with Crippen molar-refractivity contribution in [3.05, 3.63) is 70.8 Å².